The predicted octanol–water partition coefficient (Wildman–Crippen LogP) is 5.52. The van der Waals surface area contributed by atoms with Crippen LogP contribution in [0.25, 0.3) is 10.9 Å². The first kappa shape index (κ1) is 46.6. The Kier molecular flexibility index (Phi) is 15.4. The van der Waals surface area contributed by atoms with Crippen molar-refractivity contribution in [2.45, 2.75) is 130 Å². The molecule has 14 nitrogen and oxygen atoms in total. The number of nitrogens with zero attached hydrogens (tertiary/aromatic N) is 3. The third kappa shape index (κ3) is 14.3. The van der Waals surface area contributed by atoms with Gasteiger partial charge in [-0.25, -0.2) is 19.0 Å². The van der Waals surface area contributed by atoms with Crippen LogP contribution in [-0.2, 0) is 39.9 Å². The highest BCUT2D eigenvalue weighted by molar-refractivity contribution is 5.97. The average Bonchev–Trinajstić information content (AvgIpc) is 3.07. The van der Waals surface area contributed by atoms with Crippen LogP contribution in [-0.4, -0.2) is 87.1 Å². The minimum atomic E-state index is -1.39. The fraction of sp³-hybridized carbons (Fsp3) is 0.512. The first-order chi connectivity index (χ1) is 26.8. The van der Waals surface area contributed by atoms with E-state index in [2.05, 4.69) is 21.2 Å². The molecule has 0 saturated carbocycles. The van der Waals surface area contributed by atoms with Crippen LogP contribution < -0.4 is 15.8 Å². The Morgan fingerprint density at radius 2 is 1.50 bits per heavy atom. The number of amides is 2. The number of likely N-dealkylation sites (N-methyl/N-ethyl adjacent to an activating group) is 1. The van der Waals surface area contributed by atoms with Gasteiger partial charge >= 0.3 is 17.9 Å². The molecule has 0 bridgehead atoms. The molecule has 314 valence electrons. The van der Waals surface area contributed by atoms with E-state index in [0.717, 1.165) is 11.0 Å². The van der Waals surface area contributed by atoms with Crippen LogP contribution in [0.15, 0.2) is 41.2 Å². The second kappa shape index (κ2) is 19.1. The molecule has 3 rings (SSSR count). The normalized spacial score (nSPS) is 12.8. The van der Waals surface area contributed by atoms with Crippen molar-refractivity contribution >= 4 is 46.3 Å². The van der Waals surface area contributed by atoms with Gasteiger partial charge in [-0.3, -0.25) is 19.2 Å². The van der Waals surface area contributed by atoms with Gasteiger partial charge in [-0.2, -0.15) is 0 Å². The van der Waals surface area contributed by atoms with Gasteiger partial charge in [-0.1, -0.05) is 12.0 Å². The van der Waals surface area contributed by atoms with Crippen LogP contribution in [0.5, 0.6) is 0 Å². The molecule has 0 radical (unpaired) electrons. The molecule has 0 spiro atoms. The number of nitrogens with one attached hydrogen (secondary N) is 2. The summed E-state index contributed by atoms with van der Waals surface area (Å²) in [5.74, 6) is -1.56. The number of carbonyl (C=O) groups excluding carboxylic acids is 5. The summed E-state index contributed by atoms with van der Waals surface area (Å²) >= 11 is 0. The van der Waals surface area contributed by atoms with Crippen LogP contribution in [0.1, 0.15) is 110 Å². The van der Waals surface area contributed by atoms with E-state index in [0.29, 0.717) is 28.0 Å². The molecular formula is C43H56FN5O9. The van der Waals surface area contributed by atoms with Gasteiger partial charge in [0.25, 0.3) is 11.5 Å². The van der Waals surface area contributed by atoms with E-state index < -0.39 is 64.4 Å². The van der Waals surface area contributed by atoms with Crippen molar-refractivity contribution in [1.29, 1.82) is 0 Å². The number of halogens is 1. The number of aryl methyl sites for hydroxylation is 1. The van der Waals surface area contributed by atoms with E-state index >= 15 is 4.39 Å². The summed E-state index contributed by atoms with van der Waals surface area (Å²) in [5.41, 5.74) is -1.70. The Labute approximate surface area is 339 Å². The highest BCUT2D eigenvalue weighted by Gasteiger charge is 2.34. The molecule has 58 heavy (non-hydrogen) atoms. The van der Waals surface area contributed by atoms with Crippen molar-refractivity contribution in [3.8, 4) is 12.3 Å². The zero-order chi connectivity index (χ0) is 43.7. The second-order valence-electron chi connectivity index (χ2n) is 17.0. The fourth-order valence-corrected chi connectivity index (χ4v) is 5.82. The maximum Gasteiger partial charge on any atom is 0.329 e. The second-order valence-corrected chi connectivity index (χ2v) is 17.0. The lowest BCUT2D eigenvalue weighted by molar-refractivity contribution is -0.166. The number of aromatic nitrogens is 2. The lowest BCUT2D eigenvalue weighted by Gasteiger charge is -2.30. The van der Waals surface area contributed by atoms with E-state index in [1.54, 1.807) is 92.3 Å². The number of aromatic amines is 1. The Morgan fingerprint density at radius 1 is 0.879 bits per heavy atom. The maximum absolute atomic E-state index is 15.7. The van der Waals surface area contributed by atoms with Crippen molar-refractivity contribution in [3.63, 3.8) is 0 Å². The van der Waals surface area contributed by atoms with E-state index in [1.807, 2.05) is 0 Å². The topological polar surface area (TPSA) is 177 Å². The summed E-state index contributed by atoms with van der Waals surface area (Å²) < 4.78 is 32.2. The minimum absolute atomic E-state index is 0.0739. The number of anilines is 1. The zero-order valence-corrected chi connectivity index (χ0v) is 35.3. The SMILES string of the molecule is C#CCN(Cc1ccc2nc(C)[nH]c(=O)c2c1)c1ccc(C(=O)N[C@@H](CCC(=O)N(C)[C@@H](CCC(=O)OC(C)(C)C)C(=O)OC(C)(C)C)C(=O)OC(C)(C)C)c(F)c1. The Hall–Kier alpha value is -5.78. The van der Waals surface area contributed by atoms with Crippen LogP contribution in [0.3, 0.4) is 0 Å². The average molecular weight is 806 g/mol. The number of ether oxygens (including phenoxy) is 3. The maximum atomic E-state index is 15.7. The standard InChI is InChI=1S/C43H56FN5O9/c1-13-22-49(25-27-14-17-32-30(23-27)38(53)46-26(2)45-32)28-15-16-29(31(44)24-28)37(52)47-33(39(54)57-42(6,7)8)18-20-35(50)48(12)34(40(55)58-43(9,10)11)19-21-36(51)56-41(3,4)5/h1,14-17,23-24,33-34H,18-22,25H2,2-12H3,(H,47,52)(H,45,46,53)/t33-,34-/m0/s1. The number of hydrogen-bond donors (Lipinski definition) is 2. The number of rotatable bonds is 15. The molecule has 15 heteroatoms. The molecule has 3 aromatic rings. The molecule has 0 aliphatic rings. The largest absolute Gasteiger partial charge is 0.460 e. The molecule has 0 aliphatic carbocycles. The molecule has 0 fully saturated rings. The summed E-state index contributed by atoms with van der Waals surface area (Å²) in [4.78, 5) is 88.6. The summed E-state index contributed by atoms with van der Waals surface area (Å²) in [6.45, 7) is 17.0. The van der Waals surface area contributed by atoms with Crippen molar-refractivity contribution in [3.05, 3.63) is 69.5 Å². The van der Waals surface area contributed by atoms with Gasteiger partial charge in [0.1, 0.15) is 40.5 Å². The van der Waals surface area contributed by atoms with Crippen LogP contribution >= 0.6 is 0 Å². The third-order valence-corrected chi connectivity index (χ3v) is 8.33. The summed E-state index contributed by atoms with van der Waals surface area (Å²) in [5, 5.41) is 2.90. The van der Waals surface area contributed by atoms with E-state index in [-0.39, 0.29) is 49.9 Å². The smallest absolute Gasteiger partial charge is 0.329 e. The molecule has 1 heterocycles. The summed E-state index contributed by atoms with van der Waals surface area (Å²) in [7, 11) is 1.38. The highest BCUT2D eigenvalue weighted by Crippen LogP contribution is 2.23. The van der Waals surface area contributed by atoms with Gasteiger partial charge in [0.05, 0.1) is 23.0 Å². The third-order valence-electron chi connectivity index (χ3n) is 8.33. The van der Waals surface area contributed by atoms with E-state index in [4.69, 9.17) is 20.6 Å². The number of carbonyl (C=O) groups is 5. The highest BCUT2D eigenvalue weighted by atomic mass is 19.1. The number of H-pyrrole nitrogens is 1. The molecule has 2 amide bonds. The molecule has 2 aromatic carbocycles. The Balaban J connectivity index is 1.82. The number of fused-ring (bicyclic) bond motifs is 1. The number of esters is 3. The van der Waals surface area contributed by atoms with E-state index in [9.17, 15) is 28.8 Å². The zero-order valence-electron chi connectivity index (χ0n) is 35.3. The van der Waals surface area contributed by atoms with Gasteiger partial charge in [0, 0.05) is 32.1 Å². The minimum Gasteiger partial charge on any atom is -0.460 e. The van der Waals surface area contributed by atoms with Crippen LogP contribution in [0.2, 0.25) is 0 Å². The van der Waals surface area contributed by atoms with Gasteiger partial charge in [-0.05, 0) is 118 Å². The lowest BCUT2D eigenvalue weighted by atomic mass is 10.1. The quantitative estimate of drug-likeness (QED) is 0.112. The van der Waals surface area contributed by atoms with Crippen molar-refractivity contribution in [2.24, 2.45) is 0 Å². The van der Waals surface area contributed by atoms with Gasteiger partial charge < -0.3 is 34.3 Å². The molecule has 0 aliphatic heterocycles. The van der Waals surface area contributed by atoms with E-state index in [1.165, 1.54) is 19.2 Å². The molecule has 2 N–H and O–H groups in total. The Bertz CT molecular complexity index is 2100. The molecule has 2 atom stereocenters. The number of terminal acetylenes is 1. The van der Waals surface area contributed by atoms with Crippen LogP contribution in [0, 0.1) is 25.1 Å². The lowest BCUT2D eigenvalue weighted by Crippen LogP contribution is -2.47. The van der Waals surface area contributed by atoms with Crippen molar-refractivity contribution < 1.29 is 42.6 Å². The summed E-state index contributed by atoms with van der Waals surface area (Å²) in [6, 6.07) is 6.53. The summed E-state index contributed by atoms with van der Waals surface area (Å²) in [6.07, 6.45) is 4.76. The molecular weight excluding hydrogens is 749 g/mol. The number of benzene rings is 2. The fourth-order valence-electron chi connectivity index (χ4n) is 5.82. The van der Waals surface area contributed by atoms with Gasteiger partial charge in [0.15, 0.2) is 0 Å². The Morgan fingerprint density at radius 3 is 2.09 bits per heavy atom. The molecule has 0 saturated heterocycles. The van der Waals surface area contributed by atoms with Crippen LogP contribution in [0.4, 0.5) is 10.1 Å². The molecule has 1 aromatic heterocycles. The molecule has 0 unspecified atom stereocenters. The monoisotopic (exact) mass is 805 g/mol. The van der Waals surface area contributed by atoms with Gasteiger partial charge in [-0.15, -0.1) is 6.42 Å². The van der Waals surface area contributed by atoms with Gasteiger partial charge in [0.2, 0.25) is 5.91 Å². The first-order valence-corrected chi connectivity index (χ1v) is 19.0. The van der Waals surface area contributed by atoms with Crippen molar-refractivity contribution in [1.82, 2.24) is 20.2 Å². The van der Waals surface area contributed by atoms with Crippen molar-refractivity contribution in [2.75, 3.05) is 18.5 Å². The predicted molar refractivity (Wildman–Crippen MR) is 217 cm³/mol. The first-order valence-electron chi connectivity index (χ1n) is 19.0. The number of hydrogen-bond acceptors (Lipinski definition) is 11.